The minimum Gasteiger partial charge on any atom is -0.508 e. The molecule has 0 amide bonds. The molecule has 0 heterocycles. The summed E-state index contributed by atoms with van der Waals surface area (Å²) >= 11 is 0. The molecule has 2 aromatic carbocycles. The van der Waals surface area contributed by atoms with E-state index in [1.165, 1.54) is 0 Å². The van der Waals surface area contributed by atoms with Crippen LogP contribution in [0.5, 0.6) is 5.75 Å². The summed E-state index contributed by atoms with van der Waals surface area (Å²) in [6.45, 7) is 0. The third kappa shape index (κ3) is 3.91. The highest BCUT2D eigenvalue weighted by Gasteiger charge is 2.31. The van der Waals surface area contributed by atoms with Crippen LogP contribution in [0.3, 0.4) is 0 Å². The summed E-state index contributed by atoms with van der Waals surface area (Å²) in [5.41, 5.74) is -0.189. The highest BCUT2D eigenvalue weighted by molar-refractivity contribution is 5.75. The van der Waals surface area contributed by atoms with Crippen molar-refractivity contribution in [1.82, 2.24) is 0 Å². The molecule has 0 atom stereocenters. The Balaban J connectivity index is 2.35. The van der Waals surface area contributed by atoms with Gasteiger partial charge in [-0.05, 0) is 23.8 Å². The molecule has 7 heteroatoms. The number of benzene rings is 2. The highest BCUT2D eigenvalue weighted by Crippen LogP contribution is 2.34. The van der Waals surface area contributed by atoms with Crippen LogP contribution in [0.25, 0.3) is 0 Å². The maximum atomic E-state index is 12.7. The van der Waals surface area contributed by atoms with Crippen LogP contribution in [0.2, 0.25) is 0 Å². The van der Waals surface area contributed by atoms with E-state index in [2.05, 4.69) is 5.32 Å². The number of phenols is 1. The summed E-state index contributed by atoms with van der Waals surface area (Å²) in [5, 5.41) is 21.0. The molecule has 0 saturated heterocycles. The van der Waals surface area contributed by atoms with Crippen LogP contribution in [-0.2, 0) is 17.4 Å². The summed E-state index contributed by atoms with van der Waals surface area (Å²) < 4.78 is 38.2. The molecular weight excluding hydrogens is 299 g/mol. The van der Waals surface area contributed by atoms with Crippen molar-refractivity contribution < 1.29 is 28.2 Å². The van der Waals surface area contributed by atoms with Crippen molar-refractivity contribution in [2.45, 2.75) is 12.6 Å². The molecule has 0 aliphatic heterocycles. The number of carboxylic acid groups (broad SMARTS) is 1. The standard InChI is InChI=1S/C15H12F3NO3/c16-15(17,18)10-6-11(8-12(20)7-10)19-13-4-2-1-3-9(13)5-14(21)22/h1-4,6-8,19-20H,5H2,(H,21,22). The van der Waals surface area contributed by atoms with Gasteiger partial charge in [0, 0.05) is 17.4 Å². The molecule has 4 nitrogen and oxygen atoms in total. The van der Waals surface area contributed by atoms with Crippen molar-refractivity contribution in [2.24, 2.45) is 0 Å². The van der Waals surface area contributed by atoms with E-state index in [0.29, 0.717) is 17.3 Å². The van der Waals surface area contributed by atoms with Gasteiger partial charge in [-0.15, -0.1) is 0 Å². The maximum absolute atomic E-state index is 12.7. The Labute approximate surface area is 123 Å². The lowest BCUT2D eigenvalue weighted by molar-refractivity contribution is -0.138. The van der Waals surface area contributed by atoms with Gasteiger partial charge in [-0.25, -0.2) is 0 Å². The number of carboxylic acids is 1. The summed E-state index contributed by atoms with van der Waals surface area (Å²) in [6, 6.07) is 8.96. The molecule has 2 rings (SSSR count). The quantitative estimate of drug-likeness (QED) is 0.803. The van der Waals surface area contributed by atoms with Gasteiger partial charge in [-0.1, -0.05) is 18.2 Å². The zero-order valence-electron chi connectivity index (χ0n) is 11.2. The van der Waals surface area contributed by atoms with Crippen LogP contribution >= 0.6 is 0 Å². The zero-order valence-corrected chi connectivity index (χ0v) is 11.2. The van der Waals surface area contributed by atoms with Crippen molar-refractivity contribution in [2.75, 3.05) is 5.32 Å². The molecule has 0 unspecified atom stereocenters. The summed E-state index contributed by atoms with van der Waals surface area (Å²) in [4.78, 5) is 10.8. The predicted molar refractivity (Wildman–Crippen MR) is 74.2 cm³/mol. The molecule has 0 aromatic heterocycles. The number of para-hydroxylation sites is 1. The lowest BCUT2D eigenvalue weighted by Gasteiger charge is -2.14. The lowest BCUT2D eigenvalue weighted by atomic mass is 10.1. The Morgan fingerprint density at radius 2 is 1.82 bits per heavy atom. The molecule has 0 bridgehead atoms. The Morgan fingerprint density at radius 1 is 1.14 bits per heavy atom. The minimum atomic E-state index is -4.59. The van der Waals surface area contributed by atoms with Gasteiger partial charge in [0.2, 0.25) is 0 Å². The van der Waals surface area contributed by atoms with Crippen molar-refractivity contribution in [3.05, 3.63) is 53.6 Å². The normalized spacial score (nSPS) is 11.2. The van der Waals surface area contributed by atoms with E-state index < -0.39 is 23.5 Å². The first-order valence-corrected chi connectivity index (χ1v) is 6.23. The number of hydrogen-bond donors (Lipinski definition) is 3. The largest absolute Gasteiger partial charge is 0.508 e. The van der Waals surface area contributed by atoms with E-state index in [1.807, 2.05) is 0 Å². The Hall–Kier alpha value is -2.70. The van der Waals surface area contributed by atoms with Crippen LogP contribution in [0.1, 0.15) is 11.1 Å². The van der Waals surface area contributed by atoms with Crippen molar-refractivity contribution in [1.29, 1.82) is 0 Å². The molecule has 3 N–H and O–H groups in total. The zero-order chi connectivity index (χ0) is 16.3. The van der Waals surface area contributed by atoms with E-state index >= 15 is 0 Å². The molecule has 2 aromatic rings. The molecule has 0 saturated carbocycles. The number of halogens is 3. The molecule has 0 spiro atoms. The second kappa shape index (κ2) is 5.97. The number of carbonyl (C=O) groups is 1. The first-order chi connectivity index (χ1) is 10.3. The summed E-state index contributed by atoms with van der Waals surface area (Å²) in [6.07, 6.45) is -4.86. The van der Waals surface area contributed by atoms with Gasteiger partial charge >= 0.3 is 12.1 Å². The van der Waals surface area contributed by atoms with Gasteiger partial charge in [0.25, 0.3) is 0 Å². The molecule has 0 fully saturated rings. The van der Waals surface area contributed by atoms with E-state index in [4.69, 9.17) is 5.11 Å². The van der Waals surface area contributed by atoms with Crippen LogP contribution < -0.4 is 5.32 Å². The molecular formula is C15H12F3NO3. The Morgan fingerprint density at radius 3 is 2.45 bits per heavy atom. The van der Waals surface area contributed by atoms with E-state index in [-0.39, 0.29) is 12.1 Å². The number of alkyl halides is 3. The van der Waals surface area contributed by atoms with Gasteiger partial charge in [0.15, 0.2) is 0 Å². The van der Waals surface area contributed by atoms with E-state index in [9.17, 15) is 23.1 Å². The van der Waals surface area contributed by atoms with Gasteiger partial charge in [-0.2, -0.15) is 13.2 Å². The second-order valence-corrected chi connectivity index (χ2v) is 4.62. The highest BCUT2D eigenvalue weighted by atomic mass is 19.4. The smallest absolute Gasteiger partial charge is 0.416 e. The number of nitrogens with one attached hydrogen (secondary N) is 1. The second-order valence-electron chi connectivity index (χ2n) is 4.62. The van der Waals surface area contributed by atoms with E-state index in [0.717, 1.165) is 12.1 Å². The first kappa shape index (κ1) is 15.7. The monoisotopic (exact) mass is 311 g/mol. The fourth-order valence-corrected chi connectivity index (χ4v) is 1.96. The summed E-state index contributed by atoms with van der Waals surface area (Å²) in [5.74, 6) is -1.59. The average molecular weight is 311 g/mol. The van der Waals surface area contributed by atoms with Crippen molar-refractivity contribution in [3.63, 3.8) is 0 Å². The molecule has 116 valence electrons. The Kier molecular flexibility index (Phi) is 4.25. The number of hydrogen-bond acceptors (Lipinski definition) is 3. The SMILES string of the molecule is O=C(O)Cc1ccccc1Nc1cc(O)cc(C(F)(F)F)c1. The fourth-order valence-electron chi connectivity index (χ4n) is 1.96. The minimum absolute atomic E-state index is 0.0187. The van der Waals surface area contributed by atoms with Gasteiger partial charge < -0.3 is 15.5 Å². The lowest BCUT2D eigenvalue weighted by Crippen LogP contribution is -2.06. The number of aromatic hydroxyl groups is 1. The summed E-state index contributed by atoms with van der Waals surface area (Å²) in [7, 11) is 0. The Bertz CT molecular complexity index is 699. The molecule has 0 aliphatic carbocycles. The molecule has 22 heavy (non-hydrogen) atoms. The molecule has 0 aliphatic rings. The first-order valence-electron chi connectivity index (χ1n) is 6.23. The van der Waals surface area contributed by atoms with Gasteiger partial charge in [-0.3, -0.25) is 4.79 Å². The van der Waals surface area contributed by atoms with Gasteiger partial charge in [0.1, 0.15) is 5.75 Å². The fraction of sp³-hybridized carbons (Fsp3) is 0.133. The topological polar surface area (TPSA) is 69.6 Å². The van der Waals surface area contributed by atoms with Crippen molar-refractivity contribution in [3.8, 4) is 5.75 Å². The maximum Gasteiger partial charge on any atom is 0.416 e. The number of aliphatic carboxylic acids is 1. The number of rotatable bonds is 4. The predicted octanol–water partition coefficient (Wildman–Crippen LogP) is 3.78. The van der Waals surface area contributed by atoms with Crippen LogP contribution in [0.4, 0.5) is 24.5 Å². The van der Waals surface area contributed by atoms with Crippen LogP contribution in [-0.4, -0.2) is 16.2 Å². The number of phenolic OH excluding ortho intramolecular Hbond substituents is 1. The third-order valence-corrected chi connectivity index (χ3v) is 2.88. The third-order valence-electron chi connectivity index (χ3n) is 2.88. The molecule has 0 radical (unpaired) electrons. The van der Waals surface area contributed by atoms with Crippen molar-refractivity contribution >= 4 is 17.3 Å². The van der Waals surface area contributed by atoms with Crippen LogP contribution in [0, 0.1) is 0 Å². The average Bonchev–Trinajstić information content (AvgIpc) is 2.39. The van der Waals surface area contributed by atoms with E-state index in [1.54, 1.807) is 24.3 Å². The van der Waals surface area contributed by atoms with Crippen LogP contribution in [0.15, 0.2) is 42.5 Å². The number of anilines is 2. The van der Waals surface area contributed by atoms with Gasteiger partial charge in [0.05, 0.1) is 12.0 Å².